The van der Waals surface area contributed by atoms with Gasteiger partial charge in [0.25, 0.3) is 11.8 Å². The summed E-state index contributed by atoms with van der Waals surface area (Å²) < 4.78 is 4.92. The van der Waals surface area contributed by atoms with Crippen LogP contribution in [0, 0.1) is 5.92 Å². The second kappa shape index (κ2) is 11.2. The normalized spacial score (nSPS) is 11.6. The molecule has 0 saturated carbocycles. The number of carbonyl (C=O) groups excluding carboxylic acids is 3. The summed E-state index contributed by atoms with van der Waals surface area (Å²) in [7, 11) is 0. The first-order chi connectivity index (χ1) is 13.9. The van der Waals surface area contributed by atoms with Crippen LogP contribution in [0.15, 0.2) is 41.8 Å². The highest BCUT2D eigenvalue weighted by Gasteiger charge is 2.16. The van der Waals surface area contributed by atoms with E-state index >= 15 is 0 Å². The summed E-state index contributed by atoms with van der Waals surface area (Å²) in [6.07, 6.45) is 0.227. The molecule has 0 spiro atoms. The van der Waals surface area contributed by atoms with Crippen LogP contribution in [-0.2, 0) is 4.74 Å². The summed E-state index contributed by atoms with van der Waals surface area (Å²) in [5, 5.41) is 10.3. The lowest BCUT2D eigenvalue weighted by Gasteiger charge is -2.20. The summed E-state index contributed by atoms with van der Waals surface area (Å²) in [6, 6.07) is 10.0. The fourth-order valence-corrected chi connectivity index (χ4v) is 3.34. The SMILES string of the molecule is CCOC(=O)NC(CNC(=O)c1ccc(NC(=O)c2cccs2)cc1)CC(C)C. The summed E-state index contributed by atoms with van der Waals surface area (Å²) in [4.78, 5) is 36.8. The van der Waals surface area contributed by atoms with Crippen LogP contribution in [0.3, 0.4) is 0 Å². The lowest BCUT2D eigenvalue weighted by Crippen LogP contribution is -2.44. The minimum atomic E-state index is -0.488. The highest BCUT2D eigenvalue weighted by molar-refractivity contribution is 7.12. The zero-order valence-corrected chi connectivity index (χ0v) is 17.7. The van der Waals surface area contributed by atoms with Crippen LogP contribution >= 0.6 is 11.3 Å². The number of hydrogen-bond acceptors (Lipinski definition) is 5. The third-order valence-electron chi connectivity index (χ3n) is 4.01. The Labute approximate surface area is 174 Å². The van der Waals surface area contributed by atoms with Gasteiger partial charge < -0.3 is 20.7 Å². The molecule has 1 aromatic carbocycles. The van der Waals surface area contributed by atoms with Gasteiger partial charge in [0, 0.05) is 23.8 Å². The molecule has 0 aliphatic rings. The van der Waals surface area contributed by atoms with E-state index in [1.807, 2.05) is 25.3 Å². The average molecular weight is 418 g/mol. The summed E-state index contributed by atoms with van der Waals surface area (Å²) in [5.41, 5.74) is 1.08. The van der Waals surface area contributed by atoms with Gasteiger partial charge in [0.1, 0.15) is 0 Å². The summed E-state index contributed by atoms with van der Waals surface area (Å²) >= 11 is 1.36. The number of benzene rings is 1. The van der Waals surface area contributed by atoms with E-state index in [0.29, 0.717) is 41.6 Å². The molecule has 1 aromatic heterocycles. The number of thiophene rings is 1. The molecule has 0 aliphatic carbocycles. The molecule has 0 radical (unpaired) electrons. The van der Waals surface area contributed by atoms with Crippen LogP contribution in [-0.4, -0.2) is 37.1 Å². The van der Waals surface area contributed by atoms with E-state index in [1.165, 1.54) is 11.3 Å². The predicted molar refractivity (Wildman–Crippen MR) is 114 cm³/mol. The zero-order chi connectivity index (χ0) is 21.2. The second-order valence-corrected chi connectivity index (χ2v) is 7.86. The van der Waals surface area contributed by atoms with Crippen LogP contribution in [0.2, 0.25) is 0 Å². The maximum Gasteiger partial charge on any atom is 0.407 e. The summed E-state index contributed by atoms with van der Waals surface area (Å²) in [5.74, 6) is -0.0793. The van der Waals surface area contributed by atoms with Crippen molar-refractivity contribution in [2.75, 3.05) is 18.5 Å². The molecular formula is C21H27N3O4S. The topological polar surface area (TPSA) is 96.5 Å². The predicted octanol–water partition coefficient (Wildman–Crippen LogP) is 3.89. The van der Waals surface area contributed by atoms with Crippen LogP contribution in [0.1, 0.15) is 47.2 Å². The van der Waals surface area contributed by atoms with Crippen molar-refractivity contribution >= 4 is 34.9 Å². The van der Waals surface area contributed by atoms with Gasteiger partial charge in [-0.05, 0) is 55.0 Å². The molecule has 1 atom stereocenters. The Hall–Kier alpha value is -2.87. The number of nitrogens with one attached hydrogen (secondary N) is 3. The molecule has 0 fully saturated rings. The average Bonchev–Trinajstić information content (AvgIpc) is 3.21. The number of carbonyl (C=O) groups is 3. The van der Waals surface area contributed by atoms with E-state index in [-0.39, 0.29) is 17.9 Å². The van der Waals surface area contributed by atoms with Crippen molar-refractivity contribution in [3.8, 4) is 0 Å². The molecule has 156 valence electrons. The van der Waals surface area contributed by atoms with Crippen molar-refractivity contribution in [3.63, 3.8) is 0 Å². The van der Waals surface area contributed by atoms with Crippen LogP contribution in [0.4, 0.5) is 10.5 Å². The first-order valence-corrected chi connectivity index (χ1v) is 10.4. The third kappa shape index (κ3) is 7.57. The van der Waals surface area contributed by atoms with Gasteiger partial charge in [-0.1, -0.05) is 19.9 Å². The van der Waals surface area contributed by atoms with E-state index in [4.69, 9.17) is 4.74 Å². The van der Waals surface area contributed by atoms with E-state index in [9.17, 15) is 14.4 Å². The van der Waals surface area contributed by atoms with Crippen molar-refractivity contribution in [1.29, 1.82) is 0 Å². The largest absolute Gasteiger partial charge is 0.450 e. The molecule has 8 heteroatoms. The molecule has 29 heavy (non-hydrogen) atoms. The minimum Gasteiger partial charge on any atom is -0.450 e. The van der Waals surface area contributed by atoms with Crippen molar-refractivity contribution in [2.24, 2.45) is 5.92 Å². The standard InChI is InChI=1S/C21H27N3O4S/c1-4-28-21(27)24-17(12-14(2)3)13-22-19(25)15-7-9-16(10-8-15)23-20(26)18-6-5-11-29-18/h5-11,14,17H,4,12-13H2,1-3H3,(H,22,25)(H,23,26)(H,24,27). The number of rotatable bonds is 9. The third-order valence-corrected chi connectivity index (χ3v) is 4.88. The second-order valence-electron chi connectivity index (χ2n) is 6.91. The number of ether oxygens (including phenoxy) is 1. The van der Waals surface area contributed by atoms with Gasteiger partial charge in [0.2, 0.25) is 0 Å². The van der Waals surface area contributed by atoms with Crippen LogP contribution in [0.25, 0.3) is 0 Å². The van der Waals surface area contributed by atoms with Gasteiger partial charge in [0.05, 0.1) is 11.5 Å². The van der Waals surface area contributed by atoms with E-state index < -0.39 is 6.09 Å². The maximum atomic E-state index is 12.4. The van der Waals surface area contributed by atoms with E-state index in [2.05, 4.69) is 16.0 Å². The van der Waals surface area contributed by atoms with E-state index in [0.717, 1.165) is 0 Å². The number of hydrogen-bond donors (Lipinski definition) is 3. The quantitative estimate of drug-likeness (QED) is 0.577. The Balaban J connectivity index is 1.89. The van der Waals surface area contributed by atoms with E-state index in [1.54, 1.807) is 37.3 Å². The monoisotopic (exact) mass is 417 g/mol. The number of amides is 3. The molecule has 2 rings (SSSR count). The molecule has 7 nitrogen and oxygen atoms in total. The summed E-state index contributed by atoms with van der Waals surface area (Å²) in [6.45, 7) is 6.43. The fraction of sp³-hybridized carbons (Fsp3) is 0.381. The number of alkyl carbamates (subject to hydrolysis) is 1. The molecule has 1 heterocycles. The highest BCUT2D eigenvalue weighted by atomic mass is 32.1. The smallest absolute Gasteiger partial charge is 0.407 e. The van der Waals surface area contributed by atoms with Gasteiger partial charge in [0.15, 0.2) is 0 Å². The Morgan fingerprint density at radius 3 is 2.38 bits per heavy atom. The molecule has 3 N–H and O–H groups in total. The van der Waals surface area contributed by atoms with Gasteiger partial charge in [-0.2, -0.15) is 0 Å². The van der Waals surface area contributed by atoms with Crippen molar-refractivity contribution in [1.82, 2.24) is 10.6 Å². The van der Waals surface area contributed by atoms with Gasteiger partial charge >= 0.3 is 6.09 Å². The van der Waals surface area contributed by atoms with Gasteiger partial charge in [-0.15, -0.1) is 11.3 Å². The Bertz CT molecular complexity index is 804. The zero-order valence-electron chi connectivity index (χ0n) is 16.9. The van der Waals surface area contributed by atoms with Crippen molar-refractivity contribution < 1.29 is 19.1 Å². The fourth-order valence-electron chi connectivity index (χ4n) is 2.73. The molecular weight excluding hydrogens is 390 g/mol. The molecule has 1 unspecified atom stereocenters. The van der Waals surface area contributed by atoms with Crippen LogP contribution < -0.4 is 16.0 Å². The number of anilines is 1. The molecule has 0 aliphatic heterocycles. The Morgan fingerprint density at radius 1 is 1.07 bits per heavy atom. The van der Waals surface area contributed by atoms with Crippen LogP contribution in [0.5, 0.6) is 0 Å². The lowest BCUT2D eigenvalue weighted by molar-refractivity contribution is 0.0944. The minimum absolute atomic E-state index is 0.182. The van der Waals surface area contributed by atoms with Crippen molar-refractivity contribution in [3.05, 3.63) is 52.2 Å². The molecule has 3 amide bonds. The van der Waals surface area contributed by atoms with Crippen molar-refractivity contribution in [2.45, 2.75) is 33.2 Å². The Kier molecular flexibility index (Phi) is 8.67. The lowest BCUT2D eigenvalue weighted by atomic mass is 10.0. The first kappa shape index (κ1) is 22.4. The highest BCUT2D eigenvalue weighted by Crippen LogP contribution is 2.14. The van der Waals surface area contributed by atoms with Gasteiger partial charge in [-0.3, -0.25) is 9.59 Å². The molecule has 0 saturated heterocycles. The first-order valence-electron chi connectivity index (χ1n) is 9.55. The molecule has 2 aromatic rings. The maximum absolute atomic E-state index is 12.4. The Morgan fingerprint density at radius 2 is 1.79 bits per heavy atom. The molecule has 0 bridgehead atoms. The van der Waals surface area contributed by atoms with Gasteiger partial charge in [-0.25, -0.2) is 4.79 Å².